The number of hydrogen-bond acceptors (Lipinski definition) is 3. The molecular weight excluding hydrogens is 205 g/mol. The average molecular weight is 225 g/mol. The second-order valence-corrected chi connectivity index (χ2v) is 5.16. The summed E-state index contributed by atoms with van der Waals surface area (Å²) in [5.74, 6) is 0.663. The summed E-state index contributed by atoms with van der Waals surface area (Å²) in [6.45, 7) is 10.6. The lowest BCUT2D eigenvalue weighted by molar-refractivity contribution is 0.399. The number of aromatic nitrogens is 2. The predicted octanol–water partition coefficient (Wildman–Crippen LogP) is 2.94. The molecule has 0 saturated carbocycles. The summed E-state index contributed by atoms with van der Waals surface area (Å²) < 4.78 is 13.6. The van der Waals surface area contributed by atoms with Gasteiger partial charge in [0.2, 0.25) is 0 Å². The first-order valence-electron chi connectivity index (χ1n) is 5.60. The van der Waals surface area contributed by atoms with E-state index < -0.39 is 0 Å². The molecule has 0 aliphatic carbocycles. The molecule has 0 radical (unpaired) electrons. The van der Waals surface area contributed by atoms with E-state index in [0.717, 1.165) is 6.42 Å². The van der Waals surface area contributed by atoms with Crippen LogP contribution in [0, 0.1) is 18.2 Å². The number of nitrogens with one attached hydrogen (secondary N) is 1. The number of rotatable bonds is 3. The summed E-state index contributed by atoms with van der Waals surface area (Å²) in [4.78, 5) is 8.39. The molecule has 16 heavy (non-hydrogen) atoms. The standard InChI is InChI=1S/C12H20FN3/c1-6-14-11-10(13)8(2)15-9(16-11)7-12(3,4)5/h6-7H2,1-5H3,(H,14,15,16). The van der Waals surface area contributed by atoms with E-state index in [-0.39, 0.29) is 11.2 Å². The Morgan fingerprint density at radius 3 is 2.38 bits per heavy atom. The quantitative estimate of drug-likeness (QED) is 0.859. The Kier molecular flexibility index (Phi) is 3.83. The topological polar surface area (TPSA) is 37.8 Å². The fourth-order valence-corrected chi connectivity index (χ4v) is 1.46. The zero-order valence-corrected chi connectivity index (χ0v) is 10.7. The first-order valence-corrected chi connectivity index (χ1v) is 5.60. The fraction of sp³-hybridized carbons (Fsp3) is 0.667. The number of halogens is 1. The van der Waals surface area contributed by atoms with Gasteiger partial charge >= 0.3 is 0 Å². The summed E-state index contributed by atoms with van der Waals surface area (Å²) in [6.07, 6.45) is 0.743. The summed E-state index contributed by atoms with van der Waals surface area (Å²) in [6, 6.07) is 0. The molecule has 0 bridgehead atoms. The van der Waals surface area contributed by atoms with Crippen molar-refractivity contribution in [2.75, 3.05) is 11.9 Å². The highest BCUT2D eigenvalue weighted by Gasteiger charge is 2.16. The highest BCUT2D eigenvalue weighted by molar-refractivity contribution is 5.37. The van der Waals surface area contributed by atoms with Gasteiger partial charge in [0.15, 0.2) is 11.6 Å². The number of aryl methyl sites for hydroxylation is 1. The van der Waals surface area contributed by atoms with E-state index in [2.05, 4.69) is 36.1 Å². The van der Waals surface area contributed by atoms with E-state index in [0.29, 0.717) is 23.9 Å². The molecule has 1 rings (SSSR count). The maximum atomic E-state index is 13.6. The van der Waals surface area contributed by atoms with Gasteiger partial charge in [0.05, 0.1) is 5.69 Å². The van der Waals surface area contributed by atoms with E-state index in [9.17, 15) is 4.39 Å². The smallest absolute Gasteiger partial charge is 0.186 e. The minimum absolute atomic E-state index is 0.105. The van der Waals surface area contributed by atoms with Gasteiger partial charge in [0, 0.05) is 13.0 Å². The number of nitrogens with zero attached hydrogens (tertiary/aromatic N) is 2. The van der Waals surface area contributed by atoms with Crippen LogP contribution in [0.1, 0.15) is 39.2 Å². The molecule has 4 heteroatoms. The van der Waals surface area contributed by atoms with Crippen LogP contribution >= 0.6 is 0 Å². The van der Waals surface area contributed by atoms with Gasteiger partial charge in [0.25, 0.3) is 0 Å². The van der Waals surface area contributed by atoms with Crippen LogP contribution in [0.2, 0.25) is 0 Å². The minimum atomic E-state index is -0.348. The van der Waals surface area contributed by atoms with Crippen molar-refractivity contribution in [3.8, 4) is 0 Å². The summed E-state index contributed by atoms with van der Waals surface area (Å²) in [5, 5.41) is 2.92. The van der Waals surface area contributed by atoms with Crippen LogP contribution in [-0.4, -0.2) is 16.5 Å². The van der Waals surface area contributed by atoms with E-state index in [1.165, 1.54) is 0 Å². The molecular formula is C12H20FN3. The first-order chi connectivity index (χ1) is 7.33. The van der Waals surface area contributed by atoms with E-state index in [4.69, 9.17) is 0 Å². The zero-order valence-electron chi connectivity index (χ0n) is 10.7. The van der Waals surface area contributed by atoms with Gasteiger partial charge in [-0.2, -0.15) is 0 Å². The Bertz CT molecular complexity index is 369. The zero-order chi connectivity index (χ0) is 12.3. The minimum Gasteiger partial charge on any atom is -0.368 e. The number of hydrogen-bond donors (Lipinski definition) is 1. The average Bonchev–Trinajstić information content (AvgIpc) is 2.11. The molecule has 0 atom stereocenters. The molecule has 1 heterocycles. The highest BCUT2D eigenvalue weighted by Crippen LogP contribution is 2.21. The van der Waals surface area contributed by atoms with Crippen molar-refractivity contribution in [3.63, 3.8) is 0 Å². The number of anilines is 1. The molecule has 0 amide bonds. The molecule has 1 N–H and O–H groups in total. The largest absolute Gasteiger partial charge is 0.368 e. The monoisotopic (exact) mass is 225 g/mol. The van der Waals surface area contributed by atoms with E-state index in [1.807, 2.05) is 6.92 Å². The molecule has 0 unspecified atom stereocenters. The second-order valence-electron chi connectivity index (χ2n) is 5.16. The molecule has 0 fully saturated rings. The molecule has 0 aliphatic rings. The van der Waals surface area contributed by atoms with Crippen molar-refractivity contribution in [1.29, 1.82) is 0 Å². The van der Waals surface area contributed by atoms with Crippen LogP contribution in [-0.2, 0) is 6.42 Å². The van der Waals surface area contributed by atoms with Crippen molar-refractivity contribution in [2.45, 2.75) is 41.0 Å². The van der Waals surface area contributed by atoms with Crippen LogP contribution < -0.4 is 5.32 Å². The predicted molar refractivity (Wildman–Crippen MR) is 64.0 cm³/mol. The van der Waals surface area contributed by atoms with Crippen molar-refractivity contribution >= 4 is 5.82 Å². The molecule has 1 aromatic heterocycles. The van der Waals surface area contributed by atoms with Crippen LogP contribution in [0.3, 0.4) is 0 Å². The van der Waals surface area contributed by atoms with Gasteiger partial charge in [-0.25, -0.2) is 14.4 Å². The molecule has 3 nitrogen and oxygen atoms in total. The molecule has 1 aromatic rings. The van der Waals surface area contributed by atoms with Crippen molar-refractivity contribution in [1.82, 2.24) is 9.97 Å². The van der Waals surface area contributed by atoms with Gasteiger partial charge in [-0.3, -0.25) is 0 Å². The third kappa shape index (κ3) is 3.43. The van der Waals surface area contributed by atoms with Gasteiger partial charge < -0.3 is 5.32 Å². The van der Waals surface area contributed by atoms with E-state index in [1.54, 1.807) is 6.92 Å². The molecule has 0 spiro atoms. The Morgan fingerprint density at radius 1 is 1.25 bits per heavy atom. The van der Waals surface area contributed by atoms with Gasteiger partial charge in [-0.15, -0.1) is 0 Å². The lowest BCUT2D eigenvalue weighted by Gasteiger charge is -2.17. The third-order valence-corrected chi connectivity index (χ3v) is 2.10. The lowest BCUT2D eigenvalue weighted by Crippen LogP contribution is -2.15. The lowest BCUT2D eigenvalue weighted by atomic mass is 9.92. The molecule has 0 aromatic carbocycles. The first kappa shape index (κ1) is 12.9. The van der Waals surface area contributed by atoms with Gasteiger partial charge in [-0.05, 0) is 19.3 Å². The van der Waals surface area contributed by atoms with Crippen molar-refractivity contribution in [3.05, 3.63) is 17.3 Å². The second kappa shape index (κ2) is 4.76. The molecule has 0 aliphatic heterocycles. The van der Waals surface area contributed by atoms with Crippen LogP contribution in [0.5, 0.6) is 0 Å². The van der Waals surface area contributed by atoms with Crippen molar-refractivity contribution < 1.29 is 4.39 Å². The third-order valence-electron chi connectivity index (χ3n) is 2.10. The normalized spacial score (nSPS) is 11.6. The van der Waals surface area contributed by atoms with Gasteiger partial charge in [-0.1, -0.05) is 20.8 Å². The summed E-state index contributed by atoms with van der Waals surface area (Å²) in [5.41, 5.74) is 0.513. The maximum absolute atomic E-state index is 13.6. The Hall–Kier alpha value is -1.19. The fourth-order valence-electron chi connectivity index (χ4n) is 1.46. The summed E-state index contributed by atoms with van der Waals surface area (Å²) >= 11 is 0. The van der Waals surface area contributed by atoms with Crippen LogP contribution in [0.25, 0.3) is 0 Å². The highest BCUT2D eigenvalue weighted by atomic mass is 19.1. The van der Waals surface area contributed by atoms with Crippen LogP contribution in [0.4, 0.5) is 10.2 Å². The maximum Gasteiger partial charge on any atom is 0.186 e. The Labute approximate surface area is 96.5 Å². The molecule has 90 valence electrons. The van der Waals surface area contributed by atoms with Crippen LogP contribution in [0.15, 0.2) is 0 Å². The SMILES string of the molecule is CCNc1nc(CC(C)(C)C)nc(C)c1F. The summed E-state index contributed by atoms with van der Waals surface area (Å²) in [7, 11) is 0. The van der Waals surface area contributed by atoms with Gasteiger partial charge in [0.1, 0.15) is 5.82 Å². The Morgan fingerprint density at radius 2 is 1.88 bits per heavy atom. The van der Waals surface area contributed by atoms with Crippen molar-refractivity contribution in [2.24, 2.45) is 5.41 Å². The Balaban J connectivity index is 3.04. The van der Waals surface area contributed by atoms with E-state index >= 15 is 0 Å². The molecule has 0 saturated heterocycles.